The normalized spacial score (nSPS) is 11.7. The Morgan fingerprint density at radius 2 is 1.90 bits per heavy atom. The van der Waals surface area contributed by atoms with E-state index in [2.05, 4.69) is 34.2 Å². The molecule has 0 unspecified atom stereocenters. The molecular weight excluding hydrogens is 372 g/mol. The number of anilines is 1. The van der Waals surface area contributed by atoms with Crippen LogP contribution in [0.5, 0.6) is 0 Å². The van der Waals surface area contributed by atoms with Crippen LogP contribution in [0.2, 0.25) is 0 Å². The van der Waals surface area contributed by atoms with Crippen LogP contribution in [0.15, 0.2) is 27.6 Å². The molecule has 0 atom stereocenters. The minimum absolute atomic E-state index is 0.136. The summed E-state index contributed by atoms with van der Waals surface area (Å²) in [5.41, 5.74) is 2.71. The van der Waals surface area contributed by atoms with Crippen LogP contribution in [0.25, 0.3) is 0 Å². The molecular formula is C14H17BrN2O2S2. The highest BCUT2D eigenvalue weighted by atomic mass is 79.9. The van der Waals surface area contributed by atoms with Crippen molar-refractivity contribution in [1.82, 2.24) is 0 Å². The second-order valence-electron chi connectivity index (χ2n) is 4.93. The molecule has 7 heteroatoms. The Hall–Kier alpha value is -0.890. The van der Waals surface area contributed by atoms with Crippen molar-refractivity contribution >= 4 is 43.0 Å². The fourth-order valence-corrected chi connectivity index (χ4v) is 4.13. The summed E-state index contributed by atoms with van der Waals surface area (Å²) in [6, 6.07) is 5.26. The third kappa shape index (κ3) is 3.85. The first-order valence-electron chi connectivity index (χ1n) is 6.31. The van der Waals surface area contributed by atoms with Gasteiger partial charge in [-0.05, 0) is 66.0 Å². The number of rotatable bonds is 4. The summed E-state index contributed by atoms with van der Waals surface area (Å²) >= 11 is 5.19. The second-order valence-corrected chi connectivity index (χ2v) is 8.68. The van der Waals surface area contributed by atoms with E-state index >= 15 is 0 Å². The maximum Gasteiger partial charge on any atom is 0.238 e. The second kappa shape index (κ2) is 6.08. The first-order chi connectivity index (χ1) is 9.68. The summed E-state index contributed by atoms with van der Waals surface area (Å²) in [7, 11) is -3.70. The molecule has 0 saturated carbocycles. The van der Waals surface area contributed by atoms with E-state index in [-0.39, 0.29) is 4.90 Å². The summed E-state index contributed by atoms with van der Waals surface area (Å²) in [5.74, 6) is 0. The van der Waals surface area contributed by atoms with Crippen LogP contribution in [0.4, 0.5) is 5.69 Å². The monoisotopic (exact) mass is 388 g/mol. The number of aryl methyl sites for hydroxylation is 2. The first-order valence-corrected chi connectivity index (χ1v) is 9.47. The number of halogens is 1. The quantitative estimate of drug-likeness (QED) is 0.838. The Labute approximate surface area is 137 Å². The lowest BCUT2D eigenvalue weighted by atomic mass is 10.1. The van der Waals surface area contributed by atoms with Crippen molar-refractivity contribution in [2.75, 3.05) is 5.32 Å². The molecule has 0 fully saturated rings. The predicted octanol–water partition coefficient (Wildman–Crippen LogP) is 3.70. The van der Waals surface area contributed by atoms with Crippen molar-refractivity contribution < 1.29 is 8.42 Å². The van der Waals surface area contributed by atoms with E-state index in [1.54, 1.807) is 23.5 Å². The van der Waals surface area contributed by atoms with Crippen molar-refractivity contribution in [3.8, 4) is 0 Å². The molecule has 0 bridgehead atoms. The standard InChI is InChI=1S/C14H17BrN2O2S2/c1-8-4-12(21(16,18)19)6-14(9(8)2)17-7-11-5-13(15)10(3)20-11/h4-6,17H,7H2,1-3H3,(H2,16,18,19). The fraction of sp³-hybridized carbons (Fsp3) is 0.286. The van der Waals surface area contributed by atoms with Gasteiger partial charge in [0, 0.05) is 26.5 Å². The van der Waals surface area contributed by atoms with Crippen LogP contribution in [-0.2, 0) is 16.6 Å². The van der Waals surface area contributed by atoms with E-state index in [0.29, 0.717) is 6.54 Å². The summed E-state index contributed by atoms with van der Waals surface area (Å²) in [6.07, 6.45) is 0. The summed E-state index contributed by atoms with van der Waals surface area (Å²) in [6.45, 7) is 6.53. The van der Waals surface area contributed by atoms with Gasteiger partial charge in [0.25, 0.3) is 0 Å². The summed E-state index contributed by atoms with van der Waals surface area (Å²) in [4.78, 5) is 2.53. The average molecular weight is 389 g/mol. The lowest BCUT2D eigenvalue weighted by Crippen LogP contribution is -2.13. The molecule has 0 aliphatic heterocycles. The predicted molar refractivity (Wildman–Crippen MR) is 91.4 cm³/mol. The van der Waals surface area contributed by atoms with Gasteiger partial charge in [0.15, 0.2) is 0 Å². The minimum Gasteiger partial charge on any atom is -0.380 e. The molecule has 3 N–H and O–H groups in total. The largest absolute Gasteiger partial charge is 0.380 e. The molecule has 1 aromatic carbocycles. The number of nitrogens with two attached hydrogens (primary N) is 1. The van der Waals surface area contributed by atoms with Crippen molar-refractivity contribution in [3.05, 3.63) is 43.6 Å². The van der Waals surface area contributed by atoms with Gasteiger partial charge in [-0.1, -0.05) is 0 Å². The molecule has 2 aromatic rings. The van der Waals surface area contributed by atoms with Gasteiger partial charge in [-0.25, -0.2) is 13.6 Å². The number of primary sulfonamides is 1. The Morgan fingerprint density at radius 1 is 1.24 bits per heavy atom. The number of hydrogen-bond donors (Lipinski definition) is 2. The van der Waals surface area contributed by atoms with Gasteiger partial charge in [-0.3, -0.25) is 0 Å². The average Bonchev–Trinajstić information content (AvgIpc) is 2.69. The maximum atomic E-state index is 11.5. The molecule has 0 aliphatic rings. The highest BCUT2D eigenvalue weighted by molar-refractivity contribution is 9.10. The van der Waals surface area contributed by atoms with Gasteiger partial charge < -0.3 is 5.32 Å². The molecule has 0 amide bonds. The van der Waals surface area contributed by atoms with E-state index < -0.39 is 10.0 Å². The van der Waals surface area contributed by atoms with E-state index in [0.717, 1.165) is 21.3 Å². The molecule has 1 heterocycles. The number of benzene rings is 1. The van der Waals surface area contributed by atoms with E-state index in [1.807, 2.05) is 13.8 Å². The van der Waals surface area contributed by atoms with Gasteiger partial charge >= 0.3 is 0 Å². The highest BCUT2D eigenvalue weighted by Crippen LogP contribution is 2.28. The molecule has 0 aliphatic carbocycles. The van der Waals surface area contributed by atoms with Gasteiger partial charge in [-0.15, -0.1) is 11.3 Å². The van der Waals surface area contributed by atoms with Gasteiger partial charge in [0.1, 0.15) is 0 Å². The van der Waals surface area contributed by atoms with Gasteiger partial charge in [0.2, 0.25) is 10.0 Å². The third-order valence-electron chi connectivity index (χ3n) is 3.33. The molecule has 0 saturated heterocycles. The van der Waals surface area contributed by atoms with Gasteiger partial charge in [-0.2, -0.15) is 0 Å². The smallest absolute Gasteiger partial charge is 0.238 e. The van der Waals surface area contributed by atoms with Crippen LogP contribution in [0, 0.1) is 20.8 Å². The molecule has 2 rings (SSSR count). The Balaban J connectivity index is 2.29. The van der Waals surface area contributed by atoms with Crippen molar-refractivity contribution in [1.29, 1.82) is 0 Å². The zero-order valence-electron chi connectivity index (χ0n) is 12.0. The Kier molecular flexibility index (Phi) is 4.77. The Morgan fingerprint density at radius 3 is 2.43 bits per heavy atom. The molecule has 1 aromatic heterocycles. The first kappa shape index (κ1) is 16.5. The Bertz CT molecular complexity index is 763. The van der Waals surface area contributed by atoms with Crippen molar-refractivity contribution in [2.45, 2.75) is 32.2 Å². The number of nitrogens with one attached hydrogen (secondary N) is 1. The zero-order chi connectivity index (χ0) is 15.8. The minimum atomic E-state index is -3.70. The van der Waals surface area contributed by atoms with Crippen molar-refractivity contribution in [2.24, 2.45) is 5.14 Å². The fourth-order valence-electron chi connectivity index (χ4n) is 1.96. The number of hydrogen-bond acceptors (Lipinski definition) is 4. The third-order valence-corrected chi connectivity index (χ3v) is 6.36. The maximum absolute atomic E-state index is 11.5. The van der Waals surface area contributed by atoms with Crippen molar-refractivity contribution in [3.63, 3.8) is 0 Å². The molecule has 21 heavy (non-hydrogen) atoms. The van der Waals surface area contributed by atoms with E-state index in [4.69, 9.17) is 5.14 Å². The van der Waals surface area contributed by atoms with E-state index in [9.17, 15) is 8.42 Å². The molecule has 0 spiro atoms. The van der Waals surface area contributed by atoms with Crippen LogP contribution in [0.3, 0.4) is 0 Å². The summed E-state index contributed by atoms with van der Waals surface area (Å²) in [5, 5.41) is 8.51. The van der Waals surface area contributed by atoms with Crippen LogP contribution >= 0.6 is 27.3 Å². The molecule has 4 nitrogen and oxygen atoms in total. The SMILES string of the molecule is Cc1cc(S(N)(=O)=O)cc(NCc2cc(Br)c(C)s2)c1C. The topological polar surface area (TPSA) is 72.2 Å². The van der Waals surface area contributed by atoms with Crippen LogP contribution in [-0.4, -0.2) is 8.42 Å². The van der Waals surface area contributed by atoms with Crippen LogP contribution < -0.4 is 10.5 Å². The van der Waals surface area contributed by atoms with Crippen LogP contribution in [0.1, 0.15) is 20.9 Å². The van der Waals surface area contributed by atoms with E-state index in [1.165, 1.54) is 9.75 Å². The highest BCUT2D eigenvalue weighted by Gasteiger charge is 2.13. The number of thiophene rings is 1. The summed E-state index contributed by atoms with van der Waals surface area (Å²) < 4.78 is 24.1. The molecule has 0 radical (unpaired) electrons. The molecule has 114 valence electrons. The zero-order valence-corrected chi connectivity index (χ0v) is 15.2. The lowest BCUT2D eigenvalue weighted by molar-refractivity contribution is 0.597. The number of sulfonamides is 1. The lowest BCUT2D eigenvalue weighted by Gasteiger charge is -2.13. The van der Waals surface area contributed by atoms with Gasteiger partial charge in [0.05, 0.1) is 4.90 Å².